The second kappa shape index (κ2) is 4.42. The lowest BCUT2D eigenvalue weighted by Crippen LogP contribution is -2.33. The van der Waals surface area contributed by atoms with E-state index >= 15 is 0 Å². The van der Waals surface area contributed by atoms with Gasteiger partial charge in [-0.3, -0.25) is 9.58 Å². The maximum Gasteiger partial charge on any atom is 0.0597 e. The van der Waals surface area contributed by atoms with Gasteiger partial charge in [0.25, 0.3) is 0 Å². The molecule has 4 nitrogen and oxygen atoms in total. The predicted octanol–water partition coefficient (Wildman–Crippen LogP) is 1.05. The number of rotatable bonds is 4. The summed E-state index contributed by atoms with van der Waals surface area (Å²) in [6.07, 6.45) is 4.15. The van der Waals surface area contributed by atoms with E-state index in [1.165, 1.54) is 38.0 Å². The third-order valence-corrected chi connectivity index (χ3v) is 3.95. The third-order valence-electron chi connectivity index (χ3n) is 3.95. The van der Waals surface area contributed by atoms with E-state index < -0.39 is 0 Å². The molecule has 1 aromatic rings. The van der Waals surface area contributed by atoms with Crippen LogP contribution in [-0.2, 0) is 13.6 Å². The molecule has 1 aliphatic heterocycles. The minimum atomic E-state index is 0.672. The topological polar surface area (TPSA) is 33.1 Å². The molecular weight excluding hydrogens is 212 g/mol. The molecule has 1 atom stereocenters. The normalized spacial score (nSPS) is 25.6. The van der Waals surface area contributed by atoms with Crippen LogP contribution >= 0.6 is 0 Å². The molecule has 1 unspecified atom stereocenters. The molecule has 4 heteroatoms. The van der Waals surface area contributed by atoms with Gasteiger partial charge in [-0.2, -0.15) is 5.10 Å². The number of hydrogen-bond donors (Lipinski definition) is 1. The van der Waals surface area contributed by atoms with Gasteiger partial charge in [0.15, 0.2) is 0 Å². The van der Waals surface area contributed by atoms with E-state index in [4.69, 9.17) is 0 Å². The zero-order chi connectivity index (χ0) is 11.8. The average molecular weight is 234 g/mol. The highest BCUT2D eigenvalue weighted by Gasteiger charge is 2.34. The highest BCUT2D eigenvalue weighted by molar-refractivity contribution is 5.08. The molecule has 0 aromatic carbocycles. The largest absolute Gasteiger partial charge is 0.307 e. The fourth-order valence-electron chi connectivity index (χ4n) is 2.80. The number of aromatic nitrogens is 2. The van der Waals surface area contributed by atoms with Crippen LogP contribution in [0, 0.1) is 6.92 Å². The lowest BCUT2D eigenvalue weighted by atomic mass is 10.2. The first-order valence-corrected chi connectivity index (χ1v) is 6.69. The Kier molecular flexibility index (Phi) is 2.92. The second-order valence-corrected chi connectivity index (χ2v) is 5.49. The van der Waals surface area contributed by atoms with Gasteiger partial charge >= 0.3 is 0 Å². The predicted molar refractivity (Wildman–Crippen MR) is 67.8 cm³/mol. The summed E-state index contributed by atoms with van der Waals surface area (Å²) in [5.41, 5.74) is 2.39. The van der Waals surface area contributed by atoms with Gasteiger partial charge in [0.1, 0.15) is 0 Å². The van der Waals surface area contributed by atoms with Crippen LogP contribution in [-0.4, -0.2) is 39.9 Å². The van der Waals surface area contributed by atoms with E-state index in [2.05, 4.69) is 21.4 Å². The van der Waals surface area contributed by atoms with Crippen LogP contribution in [0.1, 0.15) is 30.7 Å². The molecule has 0 radical (unpaired) electrons. The van der Waals surface area contributed by atoms with Crippen molar-refractivity contribution in [1.82, 2.24) is 20.0 Å². The quantitative estimate of drug-likeness (QED) is 0.845. The van der Waals surface area contributed by atoms with E-state index in [1.54, 1.807) is 0 Å². The number of hydrogen-bond acceptors (Lipinski definition) is 3. The van der Waals surface area contributed by atoms with Crippen LogP contribution in [0.15, 0.2) is 6.07 Å². The summed E-state index contributed by atoms with van der Waals surface area (Å²) in [5, 5.41) is 8.04. The molecule has 2 aliphatic rings. The first-order chi connectivity index (χ1) is 8.22. The molecule has 2 heterocycles. The molecule has 3 rings (SSSR count). The first kappa shape index (κ1) is 11.2. The minimum Gasteiger partial charge on any atom is -0.307 e. The molecular formula is C13H22N4. The van der Waals surface area contributed by atoms with Crippen LogP contribution in [0.4, 0.5) is 0 Å². The first-order valence-electron chi connectivity index (χ1n) is 6.69. The number of aryl methyl sites for hydroxylation is 2. The van der Waals surface area contributed by atoms with Gasteiger partial charge in [0.2, 0.25) is 0 Å². The average Bonchev–Trinajstić information content (AvgIpc) is 2.95. The summed E-state index contributed by atoms with van der Waals surface area (Å²) < 4.78 is 1.98. The summed E-state index contributed by atoms with van der Waals surface area (Å²) in [7, 11) is 2.02. The van der Waals surface area contributed by atoms with E-state index in [-0.39, 0.29) is 0 Å². The van der Waals surface area contributed by atoms with Gasteiger partial charge in [0.05, 0.1) is 11.4 Å². The van der Waals surface area contributed by atoms with Crippen molar-refractivity contribution < 1.29 is 0 Å². The second-order valence-electron chi connectivity index (χ2n) is 5.49. The molecule has 1 saturated heterocycles. The van der Waals surface area contributed by atoms with Crippen molar-refractivity contribution in [2.75, 3.05) is 13.1 Å². The molecule has 17 heavy (non-hydrogen) atoms. The Bertz CT molecular complexity index is 394. The third kappa shape index (κ3) is 2.53. The van der Waals surface area contributed by atoms with E-state index in [0.29, 0.717) is 6.04 Å². The maximum absolute atomic E-state index is 4.38. The van der Waals surface area contributed by atoms with Gasteiger partial charge in [-0.15, -0.1) is 0 Å². The summed E-state index contributed by atoms with van der Waals surface area (Å²) in [4.78, 5) is 2.64. The van der Waals surface area contributed by atoms with Crippen molar-refractivity contribution in [2.45, 2.75) is 44.8 Å². The Hall–Kier alpha value is -0.870. The number of nitrogens with zero attached hydrogens (tertiary/aromatic N) is 3. The molecule has 1 aliphatic carbocycles. The van der Waals surface area contributed by atoms with Crippen molar-refractivity contribution >= 4 is 0 Å². The van der Waals surface area contributed by atoms with Crippen LogP contribution in [0.25, 0.3) is 0 Å². The van der Waals surface area contributed by atoms with Crippen LogP contribution in [0.2, 0.25) is 0 Å². The lowest BCUT2D eigenvalue weighted by Gasteiger charge is -2.15. The maximum atomic E-state index is 4.38. The van der Waals surface area contributed by atoms with Crippen molar-refractivity contribution in [3.05, 3.63) is 17.5 Å². The molecule has 94 valence electrons. The van der Waals surface area contributed by atoms with Crippen molar-refractivity contribution in [3.63, 3.8) is 0 Å². The Morgan fingerprint density at radius 3 is 2.88 bits per heavy atom. The van der Waals surface area contributed by atoms with Gasteiger partial charge < -0.3 is 5.32 Å². The van der Waals surface area contributed by atoms with Gasteiger partial charge in [-0.25, -0.2) is 0 Å². The highest BCUT2D eigenvalue weighted by atomic mass is 15.3. The van der Waals surface area contributed by atoms with E-state index in [9.17, 15) is 0 Å². The van der Waals surface area contributed by atoms with E-state index in [1.807, 2.05) is 18.7 Å². The summed E-state index contributed by atoms with van der Waals surface area (Å²) in [6, 6.07) is 3.76. The van der Waals surface area contributed by atoms with E-state index in [0.717, 1.165) is 18.3 Å². The zero-order valence-corrected chi connectivity index (χ0v) is 10.8. The zero-order valence-electron chi connectivity index (χ0n) is 10.8. The number of likely N-dealkylation sites (tertiary alicyclic amines) is 1. The van der Waals surface area contributed by atoms with Crippen LogP contribution < -0.4 is 5.32 Å². The highest BCUT2D eigenvalue weighted by Crippen LogP contribution is 2.29. The van der Waals surface area contributed by atoms with Crippen molar-refractivity contribution in [3.8, 4) is 0 Å². The molecule has 0 bridgehead atoms. The molecule has 1 N–H and O–H groups in total. The molecule has 1 aromatic heterocycles. The minimum absolute atomic E-state index is 0.672. The fraction of sp³-hybridized carbons (Fsp3) is 0.769. The monoisotopic (exact) mass is 234 g/mol. The standard InChI is InChI=1S/C13H22N4/c1-10-7-13(16(2)15-10)8-14-11-5-6-17(9-11)12-3-4-12/h7,11-12,14H,3-6,8-9H2,1-2H3. The summed E-state index contributed by atoms with van der Waals surface area (Å²) >= 11 is 0. The van der Waals surface area contributed by atoms with Gasteiger partial charge in [-0.05, 0) is 32.3 Å². The Morgan fingerprint density at radius 2 is 2.24 bits per heavy atom. The molecule has 2 fully saturated rings. The Balaban J connectivity index is 1.49. The van der Waals surface area contributed by atoms with Crippen LogP contribution in [0.5, 0.6) is 0 Å². The molecule has 0 spiro atoms. The summed E-state index contributed by atoms with van der Waals surface area (Å²) in [5.74, 6) is 0. The van der Waals surface area contributed by atoms with Crippen molar-refractivity contribution in [1.29, 1.82) is 0 Å². The fourth-order valence-corrected chi connectivity index (χ4v) is 2.80. The number of nitrogens with one attached hydrogen (secondary N) is 1. The van der Waals surface area contributed by atoms with Crippen LogP contribution in [0.3, 0.4) is 0 Å². The van der Waals surface area contributed by atoms with Gasteiger partial charge in [-0.1, -0.05) is 0 Å². The summed E-state index contributed by atoms with van der Waals surface area (Å²) in [6.45, 7) is 5.52. The van der Waals surface area contributed by atoms with Gasteiger partial charge in [0, 0.05) is 38.8 Å². The smallest absolute Gasteiger partial charge is 0.0597 e. The lowest BCUT2D eigenvalue weighted by molar-refractivity contribution is 0.317. The molecule has 1 saturated carbocycles. The Labute approximate surface area is 103 Å². The van der Waals surface area contributed by atoms with Crippen molar-refractivity contribution in [2.24, 2.45) is 7.05 Å². The molecule has 0 amide bonds. The Morgan fingerprint density at radius 1 is 1.41 bits per heavy atom. The SMILES string of the molecule is Cc1cc(CNC2CCN(C3CC3)C2)n(C)n1.